The minimum Gasteiger partial charge on any atom is -0.417 e. The third-order valence-electron chi connectivity index (χ3n) is 5.74. The Bertz CT molecular complexity index is 437. The SMILES string of the molecule is CC(C)(C)[Si](C)(C)OCC[C@H](O)C#C[C@H](O)CCO[Si](C)(C)C(C)(C)C. The molecule has 2 N–H and O–H groups in total. The number of hydrogen-bond acceptors (Lipinski definition) is 4. The fraction of sp³-hybridized carbons (Fsp3) is 0.900. The minimum absolute atomic E-state index is 0.157. The molecule has 0 rings (SSSR count). The summed E-state index contributed by atoms with van der Waals surface area (Å²) in [6, 6.07) is 0. The molecular weight excluding hydrogens is 360 g/mol. The van der Waals surface area contributed by atoms with E-state index in [4.69, 9.17) is 8.85 Å². The van der Waals surface area contributed by atoms with Gasteiger partial charge in [0.2, 0.25) is 0 Å². The van der Waals surface area contributed by atoms with Crippen molar-refractivity contribution in [2.75, 3.05) is 13.2 Å². The maximum atomic E-state index is 9.99. The standard InChI is InChI=1S/C20H42O4Si2/c1-19(2,3)25(7,8)23-15-13-17(21)11-12-18(22)14-16-24-26(9,10)20(4,5)6/h17-18,21-22H,13-16H2,1-10H3/t17-,18+. The second-order valence-corrected chi connectivity index (χ2v) is 19.7. The van der Waals surface area contributed by atoms with Crippen LogP contribution in [0.4, 0.5) is 0 Å². The predicted octanol–water partition coefficient (Wildman–Crippen LogP) is 4.54. The molecule has 0 aliphatic carbocycles. The molecule has 0 aromatic heterocycles. The normalized spacial score (nSPS) is 16.0. The summed E-state index contributed by atoms with van der Waals surface area (Å²) in [6.45, 7) is 22.9. The highest BCUT2D eigenvalue weighted by molar-refractivity contribution is 6.74. The van der Waals surface area contributed by atoms with E-state index >= 15 is 0 Å². The van der Waals surface area contributed by atoms with Gasteiger partial charge < -0.3 is 19.1 Å². The molecule has 26 heavy (non-hydrogen) atoms. The molecule has 0 bridgehead atoms. The molecular formula is C20H42O4Si2. The smallest absolute Gasteiger partial charge is 0.191 e. The molecule has 0 saturated heterocycles. The highest BCUT2D eigenvalue weighted by Gasteiger charge is 2.37. The molecule has 0 fully saturated rings. The first-order chi connectivity index (χ1) is 11.5. The summed E-state index contributed by atoms with van der Waals surface area (Å²) in [5.41, 5.74) is 0. The molecule has 0 amide bonds. The lowest BCUT2D eigenvalue weighted by atomic mass is 10.2. The van der Waals surface area contributed by atoms with E-state index in [9.17, 15) is 10.2 Å². The van der Waals surface area contributed by atoms with Crippen LogP contribution in [0.3, 0.4) is 0 Å². The van der Waals surface area contributed by atoms with Crippen molar-refractivity contribution >= 4 is 16.6 Å². The zero-order valence-electron chi connectivity index (χ0n) is 18.7. The van der Waals surface area contributed by atoms with Gasteiger partial charge in [0, 0.05) is 26.1 Å². The first-order valence-electron chi connectivity index (χ1n) is 9.65. The van der Waals surface area contributed by atoms with Crippen molar-refractivity contribution in [1.82, 2.24) is 0 Å². The molecule has 0 aliphatic rings. The second-order valence-electron chi connectivity index (χ2n) is 10.1. The lowest BCUT2D eigenvalue weighted by molar-refractivity contribution is 0.171. The molecule has 4 nitrogen and oxygen atoms in total. The zero-order valence-corrected chi connectivity index (χ0v) is 20.7. The van der Waals surface area contributed by atoms with Crippen LogP contribution in [0.15, 0.2) is 0 Å². The lowest BCUT2D eigenvalue weighted by Gasteiger charge is -2.36. The molecule has 154 valence electrons. The second kappa shape index (κ2) is 9.86. The van der Waals surface area contributed by atoms with Crippen molar-refractivity contribution in [3.63, 3.8) is 0 Å². The Morgan fingerprint density at radius 3 is 1.19 bits per heavy atom. The van der Waals surface area contributed by atoms with Crippen molar-refractivity contribution in [2.45, 2.75) is 103 Å². The van der Waals surface area contributed by atoms with Crippen molar-refractivity contribution in [3.05, 3.63) is 0 Å². The number of aliphatic hydroxyl groups is 2. The van der Waals surface area contributed by atoms with Crippen LogP contribution in [0.5, 0.6) is 0 Å². The Balaban J connectivity index is 4.25. The monoisotopic (exact) mass is 402 g/mol. The quantitative estimate of drug-likeness (QED) is 0.462. The maximum absolute atomic E-state index is 9.99. The van der Waals surface area contributed by atoms with E-state index in [1.54, 1.807) is 0 Å². The third-order valence-corrected chi connectivity index (χ3v) is 14.8. The van der Waals surface area contributed by atoms with Gasteiger partial charge in [0.05, 0.1) is 0 Å². The Kier molecular flexibility index (Phi) is 9.79. The molecule has 0 radical (unpaired) electrons. The van der Waals surface area contributed by atoms with Gasteiger partial charge in [0.1, 0.15) is 12.2 Å². The van der Waals surface area contributed by atoms with Crippen molar-refractivity contribution in [1.29, 1.82) is 0 Å². The maximum Gasteiger partial charge on any atom is 0.191 e. The van der Waals surface area contributed by atoms with Gasteiger partial charge in [0.15, 0.2) is 16.6 Å². The van der Waals surface area contributed by atoms with Crippen LogP contribution < -0.4 is 0 Å². The summed E-state index contributed by atoms with van der Waals surface area (Å²) in [7, 11) is -3.58. The summed E-state index contributed by atoms with van der Waals surface area (Å²) in [4.78, 5) is 0. The Labute approximate surface area is 163 Å². The topological polar surface area (TPSA) is 58.9 Å². The van der Waals surface area contributed by atoms with Gasteiger partial charge >= 0.3 is 0 Å². The fourth-order valence-corrected chi connectivity index (χ4v) is 3.74. The summed E-state index contributed by atoms with van der Waals surface area (Å²) in [5.74, 6) is 5.46. The first kappa shape index (κ1) is 25.8. The van der Waals surface area contributed by atoms with E-state index in [2.05, 4.69) is 79.6 Å². The van der Waals surface area contributed by atoms with Gasteiger partial charge in [-0.15, -0.1) is 0 Å². The van der Waals surface area contributed by atoms with Crippen LogP contribution in [0.2, 0.25) is 36.3 Å². The van der Waals surface area contributed by atoms with Crippen molar-refractivity contribution in [2.24, 2.45) is 0 Å². The average Bonchev–Trinajstić information content (AvgIpc) is 2.42. The first-order valence-corrected chi connectivity index (χ1v) is 15.5. The molecule has 0 aromatic rings. The van der Waals surface area contributed by atoms with Crippen LogP contribution in [-0.4, -0.2) is 52.3 Å². The summed E-state index contributed by atoms with van der Waals surface area (Å²) >= 11 is 0. The summed E-state index contributed by atoms with van der Waals surface area (Å²) in [5, 5.41) is 20.3. The zero-order chi connectivity index (χ0) is 20.8. The lowest BCUT2D eigenvalue weighted by Crippen LogP contribution is -2.41. The van der Waals surface area contributed by atoms with Crippen LogP contribution in [0.25, 0.3) is 0 Å². The van der Waals surface area contributed by atoms with Crippen LogP contribution in [0.1, 0.15) is 54.4 Å². The van der Waals surface area contributed by atoms with Gasteiger partial charge in [-0.2, -0.15) is 0 Å². The van der Waals surface area contributed by atoms with Gasteiger partial charge in [-0.05, 0) is 36.3 Å². The Morgan fingerprint density at radius 1 is 0.692 bits per heavy atom. The molecule has 0 saturated carbocycles. The van der Waals surface area contributed by atoms with E-state index in [-0.39, 0.29) is 10.1 Å². The third kappa shape index (κ3) is 9.16. The number of rotatable bonds is 8. The molecule has 0 spiro atoms. The van der Waals surface area contributed by atoms with Crippen molar-refractivity contribution < 1.29 is 19.1 Å². The molecule has 0 unspecified atom stereocenters. The summed E-state index contributed by atoms with van der Waals surface area (Å²) in [6.07, 6.45) is -0.606. The molecule has 0 heterocycles. The number of hydrogen-bond donors (Lipinski definition) is 2. The molecule has 6 heteroatoms. The Morgan fingerprint density at radius 2 is 0.962 bits per heavy atom. The van der Waals surface area contributed by atoms with Crippen LogP contribution in [0, 0.1) is 11.8 Å². The van der Waals surface area contributed by atoms with E-state index in [1.807, 2.05) is 0 Å². The average molecular weight is 403 g/mol. The van der Waals surface area contributed by atoms with E-state index in [0.29, 0.717) is 26.1 Å². The molecule has 0 aliphatic heterocycles. The highest BCUT2D eigenvalue weighted by Crippen LogP contribution is 2.37. The number of aliphatic hydroxyl groups excluding tert-OH is 2. The van der Waals surface area contributed by atoms with Gasteiger partial charge in [-0.1, -0.05) is 53.4 Å². The van der Waals surface area contributed by atoms with E-state index in [0.717, 1.165) is 0 Å². The van der Waals surface area contributed by atoms with E-state index < -0.39 is 28.8 Å². The largest absolute Gasteiger partial charge is 0.417 e. The molecule has 0 aromatic carbocycles. The van der Waals surface area contributed by atoms with Crippen LogP contribution >= 0.6 is 0 Å². The minimum atomic E-state index is -1.79. The van der Waals surface area contributed by atoms with Crippen LogP contribution in [-0.2, 0) is 8.85 Å². The predicted molar refractivity (Wildman–Crippen MR) is 115 cm³/mol. The highest BCUT2D eigenvalue weighted by atomic mass is 28.4. The fourth-order valence-electron chi connectivity index (χ4n) is 1.62. The Hall–Kier alpha value is -0.166. The van der Waals surface area contributed by atoms with Crippen molar-refractivity contribution in [3.8, 4) is 11.8 Å². The van der Waals surface area contributed by atoms with E-state index in [1.165, 1.54) is 0 Å². The van der Waals surface area contributed by atoms with Gasteiger partial charge in [-0.25, -0.2) is 0 Å². The summed E-state index contributed by atoms with van der Waals surface area (Å²) < 4.78 is 12.1. The van der Waals surface area contributed by atoms with Gasteiger partial charge in [0.25, 0.3) is 0 Å². The molecule has 2 atom stereocenters. The van der Waals surface area contributed by atoms with Gasteiger partial charge in [-0.3, -0.25) is 0 Å².